The molecular formula is CaNb2O6. The Hall–Kier alpha value is 1.86. The molecule has 0 saturated carbocycles. The summed E-state index contributed by atoms with van der Waals surface area (Å²) < 4.78 is 51.6. The monoisotopic (exact) mass is 322 g/mol. The Morgan fingerprint density at radius 3 is 0.778 bits per heavy atom. The first-order valence-corrected chi connectivity index (χ1v) is 6.48. The van der Waals surface area contributed by atoms with Gasteiger partial charge in [-0.15, -0.1) is 0 Å². The van der Waals surface area contributed by atoms with Crippen molar-refractivity contribution in [3.8, 4) is 0 Å². The summed E-state index contributed by atoms with van der Waals surface area (Å²) in [5.74, 6) is 0. The topological polar surface area (TPSA) is 114 Å². The molecule has 9 heteroatoms. The summed E-state index contributed by atoms with van der Waals surface area (Å²) in [6.07, 6.45) is 0. The third-order valence-corrected chi connectivity index (χ3v) is 0. The molecule has 0 aromatic rings. The third kappa shape index (κ3) is 176. The van der Waals surface area contributed by atoms with Gasteiger partial charge in [-0.05, 0) is 0 Å². The number of hydrogen-bond donors (Lipinski definition) is 0. The molecule has 0 saturated heterocycles. The van der Waals surface area contributed by atoms with E-state index in [-0.39, 0.29) is 37.7 Å². The molecule has 6 nitrogen and oxygen atoms in total. The van der Waals surface area contributed by atoms with Crippen molar-refractivity contribution in [1.29, 1.82) is 0 Å². The second-order valence-corrected chi connectivity index (χ2v) is 2.65. The Kier molecular flexibility index (Phi) is 23.8. The van der Waals surface area contributed by atoms with Crippen LogP contribution >= 0.6 is 0 Å². The van der Waals surface area contributed by atoms with Gasteiger partial charge in [0.05, 0.1) is 0 Å². The zero-order valence-electron chi connectivity index (χ0n) is 4.05. The van der Waals surface area contributed by atoms with E-state index in [1.807, 2.05) is 0 Å². The van der Waals surface area contributed by atoms with Gasteiger partial charge in [0.2, 0.25) is 0 Å². The minimum absolute atomic E-state index is 0. The molecule has 0 radical (unpaired) electrons. The molecule has 0 N–H and O–H groups in total. The molecule has 0 aromatic carbocycles. The maximum absolute atomic E-state index is 8.60. The quantitative estimate of drug-likeness (QED) is 0.433. The van der Waals surface area contributed by atoms with E-state index >= 15 is 0 Å². The van der Waals surface area contributed by atoms with Crippen molar-refractivity contribution in [3.05, 3.63) is 0 Å². The summed E-state index contributed by atoms with van der Waals surface area (Å²) in [4.78, 5) is 0. The van der Waals surface area contributed by atoms with E-state index in [1.165, 1.54) is 0 Å². The molecule has 0 amide bonds. The molecular weight excluding hydrogens is 322 g/mol. The zero-order valence-corrected chi connectivity index (χ0v) is 10.7. The second-order valence-electron chi connectivity index (χ2n) is 0.447. The first-order valence-electron chi connectivity index (χ1n) is 1.10. The fourth-order valence-corrected chi connectivity index (χ4v) is 0. The van der Waals surface area contributed by atoms with Crippen molar-refractivity contribution in [2.24, 2.45) is 0 Å². The molecule has 0 aliphatic carbocycles. The molecule has 48 valence electrons. The molecule has 0 spiro atoms. The summed E-state index contributed by atoms with van der Waals surface area (Å²) in [6.45, 7) is 0. The predicted molar refractivity (Wildman–Crippen MR) is 8.50 cm³/mol. The van der Waals surface area contributed by atoms with Gasteiger partial charge in [-0.1, -0.05) is 0 Å². The van der Waals surface area contributed by atoms with E-state index < -0.39 is 37.6 Å². The predicted octanol–water partition coefficient (Wildman–Crippen LogP) is -3.24. The molecule has 0 atom stereocenters. The van der Waals surface area contributed by atoms with Crippen molar-refractivity contribution in [1.82, 2.24) is 0 Å². The fraction of sp³-hybridized carbons (Fsp3) is 0. The van der Waals surface area contributed by atoms with Crippen molar-refractivity contribution in [2.75, 3.05) is 0 Å². The molecule has 0 fully saturated rings. The van der Waals surface area contributed by atoms with Crippen LogP contribution in [0.3, 0.4) is 0 Å². The van der Waals surface area contributed by atoms with Gasteiger partial charge in [0, 0.05) is 0 Å². The van der Waals surface area contributed by atoms with Gasteiger partial charge in [0.15, 0.2) is 0 Å². The van der Waals surface area contributed by atoms with Crippen LogP contribution in [-0.4, -0.2) is 37.7 Å². The van der Waals surface area contributed by atoms with Crippen LogP contribution in [-0.2, 0) is 50.6 Å². The minimum atomic E-state index is -4.20. The Morgan fingerprint density at radius 1 is 0.778 bits per heavy atom. The van der Waals surface area contributed by atoms with Crippen molar-refractivity contribution in [2.45, 2.75) is 0 Å². The normalized spacial score (nSPS) is 5.56. The van der Waals surface area contributed by atoms with Crippen LogP contribution < -0.4 is 7.23 Å². The van der Waals surface area contributed by atoms with Gasteiger partial charge in [-0.3, -0.25) is 0 Å². The van der Waals surface area contributed by atoms with Gasteiger partial charge in [0.1, 0.15) is 0 Å². The molecule has 0 aromatic heterocycles. The third-order valence-electron chi connectivity index (χ3n) is 0. The fourth-order valence-electron chi connectivity index (χ4n) is 0. The van der Waals surface area contributed by atoms with E-state index in [0.717, 1.165) is 0 Å². The van der Waals surface area contributed by atoms with Crippen LogP contribution in [0.15, 0.2) is 0 Å². The summed E-state index contributed by atoms with van der Waals surface area (Å²) in [6, 6.07) is 0. The van der Waals surface area contributed by atoms with Crippen molar-refractivity contribution < 1.29 is 57.8 Å². The first-order chi connectivity index (χ1) is 3.46. The molecule has 0 unspecified atom stereocenters. The Morgan fingerprint density at radius 2 is 0.778 bits per heavy atom. The van der Waals surface area contributed by atoms with Crippen LogP contribution in [0.5, 0.6) is 0 Å². The van der Waals surface area contributed by atoms with Gasteiger partial charge in [-0.2, -0.15) is 0 Å². The van der Waals surface area contributed by atoms with E-state index in [9.17, 15) is 0 Å². The summed E-state index contributed by atoms with van der Waals surface area (Å²) >= 11 is -8.40. The van der Waals surface area contributed by atoms with Crippen molar-refractivity contribution >= 4 is 37.7 Å². The first kappa shape index (κ1) is 17.1. The van der Waals surface area contributed by atoms with E-state index in [1.54, 1.807) is 0 Å². The Bertz CT molecular complexity index is 128. The summed E-state index contributed by atoms with van der Waals surface area (Å²) in [7, 11) is 0. The Labute approximate surface area is 93.8 Å². The maximum atomic E-state index is 8.60. The van der Waals surface area contributed by atoms with E-state index in [0.29, 0.717) is 0 Å². The zero-order chi connectivity index (χ0) is 7.15. The number of rotatable bonds is 0. The number of hydrogen-bond acceptors (Lipinski definition) is 6. The van der Waals surface area contributed by atoms with Gasteiger partial charge in [-0.25, -0.2) is 0 Å². The molecule has 0 aliphatic heterocycles. The van der Waals surface area contributed by atoms with Crippen molar-refractivity contribution in [3.63, 3.8) is 0 Å². The van der Waals surface area contributed by atoms with Crippen LogP contribution in [0.2, 0.25) is 0 Å². The van der Waals surface area contributed by atoms with Crippen LogP contribution in [0.1, 0.15) is 0 Å². The summed E-state index contributed by atoms with van der Waals surface area (Å²) in [5, 5.41) is 0. The van der Waals surface area contributed by atoms with Crippen LogP contribution in [0.4, 0.5) is 0 Å². The van der Waals surface area contributed by atoms with E-state index in [2.05, 4.69) is 0 Å². The average molecular weight is 322 g/mol. The van der Waals surface area contributed by atoms with Crippen LogP contribution in [0.25, 0.3) is 0 Å². The Balaban J connectivity index is -0.0000000720. The standard InChI is InChI=1S/Ca.2Nb.6O/q+2;;;;;;;2*-1. The van der Waals surface area contributed by atoms with Gasteiger partial charge < -0.3 is 0 Å². The second kappa shape index (κ2) is 12.5. The molecule has 0 bridgehead atoms. The molecule has 0 rings (SSSR count). The average Bonchev–Trinajstić information content (AvgIpc) is 1.25. The molecule has 9 heavy (non-hydrogen) atoms. The van der Waals surface area contributed by atoms with Gasteiger partial charge in [0.25, 0.3) is 0 Å². The van der Waals surface area contributed by atoms with Crippen LogP contribution in [0, 0.1) is 0 Å². The molecule has 0 aliphatic rings. The van der Waals surface area contributed by atoms with E-state index in [4.69, 9.17) is 20.2 Å². The van der Waals surface area contributed by atoms with Gasteiger partial charge >= 0.3 is 95.5 Å². The summed E-state index contributed by atoms with van der Waals surface area (Å²) in [5.41, 5.74) is 0. The SMILES string of the molecule is [Ca+2].[O]=[Nb](=[O])[O-].[O]=[Nb](=[O])[O-]. The molecule has 0 heterocycles.